The predicted octanol–water partition coefficient (Wildman–Crippen LogP) is 6.10. The summed E-state index contributed by atoms with van der Waals surface area (Å²) in [6.45, 7) is 0. The maximum Gasteiger partial charge on any atom is 0.252 e. The average molecular weight is 605 g/mol. The zero-order valence-electron chi connectivity index (χ0n) is 21.6. The third kappa shape index (κ3) is 6.33. The van der Waals surface area contributed by atoms with Crippen LogP contribution in [0.5, 0.6) is 0 Å². The van der Waals surface area contributed by atoms with Crippen molar-refractivity contribution in [1.82, 2.24) is 10.3 Å². The smallest absolute Gasteiger partial charge is 0.252 e. The van der Waals surface area contributed by atoms with Crippen molar-refractivity contribution in [3.8, 4) is 0 Å². The Morgan fingerprint density at radius 2 is 1.80 bits per heavy atom. The molecule has 0 bridgehead atoms. The number of halogens is 5. The van der Waals surface area contributed by atoms with Gasteiger partial charge < -0.3 is 5.32 Å². The average Bonchev–Trinajstić information content (AvgIpc) is 3.26. The van der Waals surface area contributed by atoms with E-state index in [4.69, 9.17) is 23.2 Å². The van der Waals surface area contributed by atoms with Crippen molar-refractivity contribution in [3.05, 3.63) is 88.3 Å². The highest BCUT2D eigenvalue weighted by Gasteiger charge is 2.47. The van der Waals surface area contributed by atoms with E-state index in [0.717, 1.165) is 11.0 Å². The van der Waals surface area contributed by atoms with E-state index in [-0.39, 0.29) is 46.0 Å². The first-order valence-electron chi connectivity index (χ1n) is 13.0. The first-order chi connectivity index (χ1) is 19.5. The summed E-state index contributed by atoms with van der Waals surface area (Å²) < 4.78 is 41.6. The number of aromatic nitrogens is 1. The molecule has 1 saturated carbocycles. The lowest BCUT2D eigenvalue weighted by atomic mass is 9.87. The SMILES string of the molecule is O=C(NC1CC(F)(F)C1)C(c1ccccc1Cl)N(C(=O)CC1CCC(=O)N1c1cccc(Cl)n1)c1cccc(F)c1. The van der Waals surface area contributed by atoms with E-state index in [1.807, 2.05) is 0 Å². The van der Waals surface area contributed by atoms with Gasteiger partial charge in [-0.3, -0.25) is 24.2 Å². The second-order valence-corrected chi connectivity index (χ2v) is 10.9. The van der Waals surface area contributed by atoms with Gasteiger partial charge in [-0.1, -0.05) is 53.5 Å². The molecular formula is C29H25Cl2F3N4O3. The Labute approximate surface area is 244 Å². The van der Waals surface area contributed by atoms with E-state index < -0.39 is 54.5 Å². The molecule has 2 aliphatic rings. The van der Waals surface area contributed by atoms with Gasteiger partial charge in [-0.05, 0) is 42.8 Å². The molecular weight excluding hydrogens is 580 g/mol. The van der Waals surface area contributed by atoms with Crippen LogP contribution in [0.4, 0.5) is 24.7 Å². The summed E-state index contributed by atoms with van der Waals surface area (Å²) in [4.78, 5) is 47.4. The number of hydrogen-bond donors (Lipinski definition) is 1. The summed E-state index contributed by atoms with van der Waals surface area (Å²) in [7, 11) is 0. The molecule has 1 aliphatic heterocycles. The number of hydrogen-bond acceptors (Lipinski definition) is 4. The highest BCUT2D eigenvalue weighted by molar-refractivity contribution is 6.31. The molecule has 2 unspecified atom stereocenters. The molecule has 1 saturated heterocycles. The van der Waals surface area contributed by atoms with Crippen LogP contribution in [0.15, 0.2) is 66.7 Å². The molecule has 2 fully saturated rings. The number of carbonyl (C=O) groups excluding carboxylic acids is 3. The van der Waals surface area contributed by atoms with Crippen LogP contribution in [0.3, 0.4) is 0 Å². The van der Waals surface area contributed by atoms with Crippen molar-refractivity contribution in [3.63, 3.8) is 0 Å². The van der Waals surface area contributed by atoms with E-state index in [1.165, 1.54) is 29.2 Å². The largest absolute Gasteiger partial charge is 0.351 e. The molecule has 214 valence electrons. The quantitative estimate of drug-likeness (QED) is 0.315. The van der Waals surface area contributed by atoms with E-state index in [9.17, 15) is 27.6 Å². The molecule has 5 rings (SSSR count). The zero-order chi connectivity index (χ0) is 29.3. The Hall–Kier alpha value is -3.63. The summed E-state index contributed by atoms with van der Waals surface area (Å²) in [6.07, 6.45) is -0.820. The number of nitrogens with zero attached hydrogens (tertiary/aromatic N) is 3. The molecule has 2 heterocycles. The van der Waals surface area contributed by atoms with E-state index in [1.54, 1.807) is 36.4 Å². The van der Waals surface area contributed by atoms with Gasteiger partial charge in [0.15, 0.2) is 0 Å². The monoisotopic (exact) mass is 604 g/mol. The number of anilines is 2. The molecule has 1 aliphatic carbocycles. The van der Waals surface area contributed by atoms with Gasteiger partial charge in [0.25, 0.3) is 5.92 Å². The molecule has 3 amide bonds. The minimum Gasteiger partial charge on any atom is -0.351 e. The summed E-state index contributed by atoms with van der Waals surface area (Å²) in [5.74, 6) is -4.86. The number of alkyl halides is 2. The lowest BCUT2D eigenvalue weighted by Crippen LogP contribution is -2.54. The van der Waals surface area contributed by atoms with Crippen molar-refractivity contribution in [2.24, 2.45) is 0 Å². The van der Waals surface area contributed by atoms with Gasteiger partial charge in [0.1, 0.15) is 22.8 Å². The summed E-state index contributed by atoms with van der Waals surface area (Å²) in [5.41, 5.74) is 0.289. The lowest BCUT2D eigenvalue weighted by molar-refractivity contribution is -0.133. The lowest BCUT2D eigenvalue weighted by Gasteiger charge is -2.38. The Morgan fingerprint density at radius 1 is 1.07 bits per heavy atom. The molecule has 0 spiro atoms. The minimum atomic E-state index is -2.89. The Balaban J connectivity index is 1.52. The Bertz CT molecular complexity index is 1480. The zero-order valence-corrected chi connectivity index (χ0v) is 23.1. The molecule has 1 N–H and O–H groups in total. The normalized spacial score (nSPS) is 19.0. The van der Waals surface area contributed by atoms with Crippen molar-refractivity contribution in [2.45, 2.75) is 56.2 Å². The number of amides is 3. The van der Waals surface area contributed by atoms with Crippen molar-refractivity contribution < 1.29 is 27.6 Å². The Morgan fingerprint density at radius 3 is 2.49 bits per heavy atom. The first-order valence-corrected chi connectivity index (χ1v) is 13.7. The fraction of sp³-hybridized carbons (Fsp3) is 0.310. The van der Waals surface area contributed by atoms with Crippen molar-refractivity contribution in [1.29, 1.82) is 0 Å². The molecule has 41 heavy (non-hydrogen) atoms. The van der Waals surface area contributed by atoms with Crippen LogP contribution in [0.1, 0.15) is 43.7 Å². The van der Waals surface area contributed by atoms with Gasteiger partial charge >= 0.3 is 0 Å². The number of nitrogens with one attached hydrogen (secondary N) is 1. The fourth-order valence-corrected chi connectivity index (χ4v) is 5.68. The number of pyridine rings is 1. The van der Waals surface area contributed by atoms with Gasteiger partial charge in [0.05, 0.1) is 0 Å². The van der Waals surface area contributed by atoms with E-state index in [2.05, 4.69) is 10.3 Å². The molecule has 3 aromatic rings. The second-order valence-electron chi connectivity index (χ2n) is 10.1. The predicted molar refractivity (Wildman–Crippen MR) is 149 cm³/mol. The third-order valence-electron chi connectivity index (χ3n) is 7.18. The van der Waals surface area contributed by atoms with Crippen molar-refractivity contribution >= 4 is 52.4 Å². The van der Waals surface area contributed by atoms with E-state index in [0.29, 0.717) is 6.42 Å². The van der Waals surface area contributed by atoms with Crippen LogP contribution >= 0.6 is 23.2 Å². The molecule has 2 atom stereocenters. The first kappa shape index (κ1) is 28.9. The van der Waals surface area contributed by atoms with Crippen LogP contribution in [-0.2, 0) is 14.4 Å². The van der Waals surface area contributed by atoms with Gasteiger partial charge in [0, 0.05) is 54.0 Å². The summed E-state index contributed by atoms with van der Waals surface area (Å²) in [6, 6.07) is 13.4. The molecule has 2 aromatic carbocycles. The number of benzene rings is 2. The van der Waals surface area contributed by atoms with Gasteiger partial charge in [-0.15, -0.1) is 0 Å². The molecule has 12 heteroatoms. The van der Waals surface area contributed by atoms with Crippen LogP contribution in [0, 0.1) is 5.82 Å². The van der Waals surface area contributed by atoms with Crippen LogP contribution in [0.25, 0.3) is 0 Å². The highest BCUT2D eigenvalue weighted by atomic mass is 35.5. The van der Waals surface area contributed by atoms with Gasteiger partial charge in [-0.2, -0.15) is 0 Å². The van der Waals surface area contributed by atoms with Crippen LogP contribution in [-0.4, -0.2) is 40.7 Å². The number of carbonyl (C=O) groups is 3. The number of rotatable bonds is 8. The van der Waals surface area contributed by atoms with Gasteiger partial charge in [0.2, 0.25) is 17.7 Å². The van der Waals surface area contributed by atoms with Crippen molar-refractivity contribution in [2.75, 3.05) is 9.80 Å². The topological polar surface area (TPSA) is 82.6 Å². The molecule has 0 radical (unpaired) electrons. The summed E-state index contributed by atoms with van der Waals surface area (Å²) in [5, 5.41) is 2.93. The summed E-state index contributed by atoms with van der Waals surface area (Å²) >= 11 is 12.5. The van der Waals surface area contributed by atoms with E-state index >= 15 is 0 Å². The minimum absolute atomic E-state index is 0.0609. The molecule has 1 aromatic heterocycles. The second kappa shape index (κ2) is 11.7. The molecule has 7 nitrogen and oxygen atoms in total. The van der Waals surface area contributed by atoms with Crippen LogP contribution in [0.2, 0.25) is 10.2 Å². The fourth-order valence-electron chi connectivity index (χ4n) is 5.28. The highest BCUT2D eigenvalue weighted by Crippen LogP contribution is 2.39. The standard InChI is InChI=1S/C29H25Cl2F3N4O3/c30-22-8-2-1-7-21(22)27(28(41)35-18-15-29(33,34)16-18)38(19-6-3-5-17(32)13-19)26(40)14-20-11-12-25(39)37(20)24-10-4-9-23(31)36-24/h1-10,13,18,20,27H,11-12,14-16H2,(H,35,41). The third-order valence-corrected chi connectivity index (χ3v) is 7.74. The maximum atomic E-state index is 14.5. The Kier molecular flexibility index (Phi) is 8.24. The maximum absolute atomic E-state index is 14.5. The van der Waals surface area contributed by atoms with Gasteiger partial charge in [-0.25, -0.2) is 18.2 Å². The van der Waals surface area contributed by atoms with Crippen LogP contribution < -0.4 is 15.1 Å².